The van der Waals surface area contributed by atoms with Crippen LogP contribution >= 0.6 is 0 Å². The number of aromatic amines is 1. The molecule has 3 aromatic rings. The van der Waals surface area contributed by atoms with Gasteiger partial charge in [-0.1, -0.05) is 11.6 Å². The van der Waals surface area contributed by atoms with Crippen LogP contribution in [-0.2, 0) is 17.8 Å². The molecule has 0 spiro atoms. The Morgan fingerprint density at radius 2 is 2.11 bits per heavy atom. The van der Waals surface area contributed by atoms with Crippen LogP contribution in [0.3, 0.4) is 0 Å². The number of aromatic nitrogens is 2. The summed E-state index contributed by atoms with van der Waals surface area (Å²) in [5, 5.41) is 30.1. The standard InChI is InChI=1S/C20H21N3O4/c1-11-3-4-17-15(5-11)13(7-22-17)6-18(20(26)27)23-9-16-14(10-24)8-21-12(2)19(16)25/h3-5,7-9,18,22,24-25H,6,10H2,1-2H3,(H,26,27)/t18-/m0/s1. The number of aryl methyl sites for hydroxylation is 2. The van der Waals surface area contributed by atoms with Gasteiger partial charge in [-0.2, -0.15) is 0 Å². The van der Waals surface area contributed by atoms with Crippen LogP contribution in [-0.4, -0.2) is 43.5 Å². The molecule has 1 atom stereocenters. The van der Waals surface area contributed by atoms with Crippen molar-refractivity contribution in [1.29, 1.82) is 0 Å². The molecule has 0 aliphatic heterocycles. The highest BCUT2D eigenvalue weighted by molar-refractivity contribution is 5.89. The molecule has 0 amide bonds. The fourth-order valence-electron chi connectivity index (χ4n) is 2.96. The summed E-state index contributed by atoms with van der Waals surface area (Å²) in [7, 11) is 0. The zero-order valence-electron chi connectivity index (χ0n) is 15.1. The minimum atomic E-state index is -1.07. The Morgan fingerprint density at radius 1 is 1.33 bits per heavy atom. The Kier molecular flexibility index (Phi) is 5.23. The molecule has 4 N–H and O–H groups in total. The summed E-state index contributed by atoms with van der Waals surface area (Å²) in [4.78, 5) is 23.0. The number of pyridine rings is 1. The molecular weight excluding hydrogens is 346 g/mol. The third-order valence-corrected chi connectivity index (χ3v) is 4.53. The average molecular weight is 367 g/mol. The number of hydrogen-bond acceptors (Lipinski definition) is 5. The molecule has 2 aromatic heterocycles. The van der Waals surface area contributed by atoms with E-state index in [1.807, 2.05) is 25.1 Å². The smallest absolute Gasteiger partial charge is 0.328 e. The van der Waals surface area contributed by atoms with Crippen LogP contribution in [0.2, 0.25) is 0 Å². The van der Waals surface area contributed by atoms with Gasteiger partial charge >= 0.3 is 5.97 Å². The normalized spacial score (nSPS) is 12.7. The van der Waals surface area contributed by atoms with Crippen LogP contribution in [0.4, 0.5) is 0 Å². The molecule has 1 aromatic carbocycles. The molecule has 0 saturated carbocycles. The lowest BCUT2D eigenvalue weighted by molar-refractivity contribution is -0.138. The maximum absolute atomic E-state index is 11.7. The number of carboxylic acids is 1. The second-order valence-electron chi connectivity index (χ2n) is 6.49. The van der Waals surface area contributed by atoms with Gasteiger partial charge in [0, 0.05) is 47.1 Å². The third-order valence-electron chi connectivity index (χ3n) is 4.53. The van der Waals surface area contributed by atoms with Gasteiger partial charge in [-0.25, -0.2) is 4.79 Å². The molecule has 0 aliphatic carbocycles. The van der Waals surface area contributed by atoms with Gasteiger partial charge in [-0.3, -0.25) is 9.98 Å². The van der Waals surface area contributed by atoms with Crippen molar-refractivity contribution >= 4 is 23.1 Å². The molecule has 2 heterocycles. The number of carbonyl (C=O) groups is 1. The lowest BCUT2D eigenvalue weighted by Crippen LogP contribution is -2.21. The first-order valence-electron chi connectivity index (χ1n) is 8.51. The first-order valence-corrected chi connectivity index (χ1v) is 8.51. The van der Waals surface area contributed by atoms with Gasteiger partial charge in [0.2, 0.25) is 0 Å². The van der Waals surface area contributed by atoms with Crippen molar-refractivity contribution in [1.82, 2.24) is 9.97 Å². The van der Waals surface area contributed by atoms with Crippen molar-refractivity contribution < 1.29 is 20.1 Å². The van der Waals surface area contributed by atoms with Gasteiger partial charge in [-0.15, -0.1) is 0 Å². The number of nitrogens with zero attached hydrogens (tertiary/aromatic N) is 2. The predicted molar refractivity (Wildman–Crippen MR) is 102 cm³/mol. The summed E-state index contributed by atoms with van der Waals surface area (Å²) >= 11 is 0. The maximum atomic E-state index is 11.7. The molecule has 27 heavy (non-hydrogen) atoms. The lowest BCUT2D eigenvalue weighted by atomic mass is 10.0. The summed E-state index contributed by atoms with van der Waals surface area (Å²) in [6.45, 7) is 3.27. The van der Waals surface area contributed by atoms with E-state index in [9.17, 15) is 20.1 Å². The molecule has 0 fully saturated rings. The van der Waals surface area contributed by atoms with E-state index < -0.39 is 12.0 Å². The summed E-state index contributed by atoms with van der Waals surface area (Å²) in [6, 6.07) is 4.92. The van der Waals surface area contributed by atoms with E-state index in [-0.39, 0.29) is 24.3 Å². The van der Waals surface area contributed by atoms with E-state index in [0.717, 1.165) is 22.0 Å². The van der Waals surface area contributed by atoms with Crippen molar-refractivity contribution in [2.75, 3.05) is 0 Å². The monoisotopic (exact) mass is 367 g/mol. The van der Waals surface area contributed by atoms with Crippen molar-refractivity contribution in [3.05, 3.63) is 58.5 Å². The van der Waals surface area contributed by atoms with Crippen molar-refractivity contribution in [2.45, 2.75) is 32.9 Å². The minimum absolute atomic E-state index is 0.114. The Balaban J connectivity index is 1.93. The van der Waals surface area contributed by atoms with Gasteiger partial charge in [0.05, 0.1) is 12.3 Å². The van der Waals surface area contributed by atoms with E-state index in [0.29, 0.717) is 11.3 Å². The van der Waals surface area contributed by atoms with E-state index in [1.165, 1.54) is 12.4 Å². The SMILES string of the molecule is Cc1ccc2[nH]cc(C[C@H](N=Cc3c(CO)cnc(C)c3O)C(=O)O)c2c1. The number of rotatable bonds is 6. The number of H-pyrrole nitrogens is 1. The molecule has 7 heteroatoms. The lowest BCUT2D eigenvalue weighted by Gasteiger charge is -2.10. The fraction of sp³-hybridized carbons (Fsp3) is 0.250. The number of carboxylic acid groups (broad SMARTS) is 1. The van der Waals surface area contributed by atoms with Crippen LogP contribution in [0.5, 0.6) is 5.75 Å². The zero-order valence-corrected chi connectivity index (χ0v) is 15.1. The number of nitrogens with one attached hydrogen (secondary N) is 1. The van der Waals surface area contributed by atoms with Gasteiger partial charge in [0.15, 0.2) is 6.04 Å². The number of aliphatic hydroxyl groups is 1. The number of fused-ring (bicyclic) bond motifs is 1. The maximum Gasteiger partial charge on any atom is 0.328 e. The Bertz CT molecular complexity index is 1020. The molecule has 0 unspecified atom stereocenters. The largest absolute Gasteiger partial charge is 0.505 e. The molecule has 0 bridgehead atoms. The summed E-state index contributed by atoms with van der Waals surface area (Å²) < 4.78 is 0. The first-order chi connectivity index (χ1) is 12.9. The molecule has 140 valence electrons. The predicted octanol–water partition coefficient (Wildman–Crippen LogP) is 2.49. The zero-order chi connectivity index (χ0) is 19.6. The van der Waals surface area contributed by atoms with Gasteiger partial charge in [-0.05, 0) is 31.5 Å². The highest BCUT2D eigenvalue weighted by atomic mass is 16.4. The Morgan fingerprint density at radius 3 is 2.81 bits per heavy atom. The molecular formula is C20H21N3O4. The van der Waals surface area contributed by atoms with E-state index in [2.05, 4.69) is 15.0 Å². The molecule has 7 nitrogen and oxygen atoms in total. The van der Waals surface area contributed by atoms with Gasteiger partial charge < -0.3 is 20.3 Å². The Hall–Kier alpha value is -3.19. The molecule has 0 saturated heterocycles. The number of aromatic hydroxyl groups is 1. The second kappa shape index (κ2) is 7.59. The van der Waals surface area contributed by atoms with Crippen LogP contribution in [0.15, 0.2) is 35.6 Å². The van der Waals surface area contributed by atoms with Crippen LogP contribution < -0.4 is 0 Å². The molecule has 3 rings (SSSR count). The van der Waals surface area contributed by atoms with Crippen molar-refractivity contribution in [2.24, 2.45) is 4.99 Å². The van der Waals surface area contributed by atoms with E-state index in [4.69, 9.17) is 0 Å². The number of hydrogen-bond donors (Lipinski definition) is 4. The van der Waals surface area contributed by atoms with Crippen LogP contribution in [0.25, 0.3) is 10.9 Å². The van der Waals surface area contributed by atoms with E-state index in [1.54, 1.807) is 13.1 Å². The second-order valence-corrected chi connectivity index (χ2v) is 6.49. The summed E-state index contributed by atoms with van der Waals surface area (Å²) in [5.74, 6) is -1.18. The van der Waals surface area contributed by atoms with Crippen molar-refractivity contribution in [3.63, 3.8) is 0 Å². The number of aliphatic imine (C=N–C) groups is 1. The quantitative estimate of drug-likeness (QED) is 0.499. The highest BCUT2D eigenvalue weighted by Crippen LogP contribution is 2.24. The van der Waals surface area contributed by atoms with Gasteiger partial charge in [0.25, 0.3) is 0 Å². The van der Waals surface area contributed by atoms with Gasteiger partial charge in [0.1, 0.15) is 5.75 Å². The number of aliphatic hydroxyl groups excluding tert-OH is 1. The van der Waals surface area contributed by atoms with Crippen LogP contribution in [0, 0.1) is 13.8 Å². The van der Waals surface area contributed by atoms with E-state index >= 15 is 0 Å². The highest BCUT2D eigenvalue weighted by Gasteiger charge is 2.19. The topological polar surface area (TPSA) is 119 Å². The van der Waals surface area contributed by atoms with Crippen LogP contribution in [0.1, 0.15) is 27.9 Å². The first kappa shape index (κ1) is 18.6. The number of benzene rings is 1. The summed E-state index contributed by atoms with van der Waals surface area (Å²) in [6.07, 6.45) is 4.74. The average Bonchev–Trinajstić information content (AvgIpc) is 3.03. The Labute approximate surface area is 156 Å². The summed E-state index contributed by atoms with van der Waals surface area (Å²) in [5.41, 5.74) is 3.93. The number of aliphatic carboxylic acids is 1. The van der Waals surface area contributed by atoms with Crippen molar-refractivity contribution in [3.8, 4) is 5.75 Å². The fourth-order valence-corrected chi connectivity index (χ4v) is 2.96. The molecule has 0 aliphatic rings. The minimum Gasteiger partial charge on any atom is -0.505 e. The third kappa shape index (κ3) is 3.83. The molecule has 0 radical (unpaired) electrons.